The molecule has 0 spiro atoms. The van der Waals surface area contributed by atoms with Gasteiger partial charge in [0.05, 0.1) is 10.9 Å². The third kappa shape index (κ3) is 3.72. The molecule has 1 aliphatic carbocycles. The van der Waals surface area contributed by atoms with E-state index in [9.17, 15) is 4.79 Å². The molecule has 0 saturated heterocycles. The first-order chi connectivity index (χ1) is 10.8. The Morgan fingerprint density at radius 2 is 2.05 bits per heavy atom. The molecule has 118 valence electrons. The largest absolute Gasteiger partial charge is 0.396 e. The Morgan fingerprint density at radius 3 is 2.82 bits per heavy atom. The molecule has 0 unspecified atom stereocenters. The van der Waals surface area contributed by atoms with Gasteiger partial charge in [0.15, 0.2) is 0 Å². The highest BCUT2D eigenvalue weighted by molar-refractivity contribution is 5.77. The average Bonchev–Trinajstić information content (AvgIpc) is 3.35. The molecular weight excluding hydrogens is 278 g/mol. The summed E-state index contributed by atoms with van der Waals surface area (Å²) in [4.78, 5) is 22.0. The molecule has 0 atom stereocenters. The van der Waals surface area contributed by atoms with Crippen molar-refractivity contribution in [3.8, 4) is 0 Å². The van der Waals surface area contributed by atoms with E-state index < -0.39 is 0 Å². The molecule has 1 aromatic carbocycles. The first-order valence-corrected chi connectivity index (χ1v) is 8.11. The van der Waals surface area contributed by atoms with Gasteiger partial charge < -0.3 is 10.1 Å². The zero-order chi connectivity index (χ0) is 15.4. The van der Waals surface area contributed by atoms with E-state index in [2.05, 4.69) is 14.9 Å². The zero-order valence-electron chi connectivity index (χ0n) is 12.8. The van der Waals surface area contributed by atoms with Crippen LogP contribution in [0.4, 0.5) is 0 Å². The lowest BCUT2D eigenvalue weighted by atomic mass is 10.2. The van der Waals surface area contributed by atoms with Crippen molar-refractivity contribution >= 4 is 10.9 Å². The second-order valence-corrected chi connectivity index (χ2v) is 5.98. The average molecular weight is 301 g/mol. The van der Waals surface area contributed by atoms with Crippen molar-refractivity contribution < 1.29 is 5.11 Å². The number of hydrogen-bond acceptors (Lipinski definition) is 4. The quantitative estimate of drug-likeness (QED) is 0.728. The first-order valence-electron chi connectivity index (χ1n) is 8.11. The number of nitrogens with zero attached hydrogens (tertiary/aromatic N) is 2. The molecular formula is C17H23N3O2. The molecule has 5 nitrogen and oxygen atoms in total. The lowest BCUT2D eigenvalue weighted by Gasteiger charge is -2.21. The maximum Gasteiger partial charge on any atom is 0.258 e. The van der Waals surface area contributed by atoms with Gasteiger partial charge in [-0.1, -0.05) is 12.1 Å². The standard InChI is InChI=1S/C17H23N3O2/c21-12-4-3-10-20(13-7-8-13)11-9-16-18-15-6-2-1-5-14(15)17(22)19-16/h1-2,5-6,13,21H,3-4,7-12H2,(H,18,19,22). The number of benzene rings is 1. The predicted molar refractivity (Wildman–Crippen MR) is 87.0 cm³/mol. The van der Waals surface area contributed by atoms with Gasteiger partial charge in [-0.05, 0) is 44.4 Å². The van der Waals surface area contributed by atoms with Crippen LogP contribution >= 0.6 is 0 Å². The molecule has 1 heterocycles. The molecule has 0 amide bonds. The van der Waals surface area contributed by atoms with Crippen molar-refractivity contribution in [1.29, 1.82) is 0 Å². The topological polar surface area (TPSA) is 69.2 Å². The molecule has 1 aromatic heterocycles. The third-order valence-electron chi connectivity index (χ3n) is 4.21. The molecule has 0 aliphatic heterocycles. The van der Waals surface area contributed by atoms with Crippen molar-refractivity contribution in [3.05, 3.63) is 40.4 Å². The molecule has 22 heavy (non-hydrogen) atoms. The monoisotopic (exact) mass is 301 g/mol. The Morgan fingerprint density at radius 1 is 1.23 bits per heavy atom. The third-order valence-corrected chi connectivity index (χ3v) is 4.21. The highest BCUT2D eigenvalue weighted by Crippen LogP contribution is 2.27. The Hall–Kier alpha value is -1.72. The van der Waals surface area contributed by atoms with Crippen LogP contribution in [0.3, 0.4) is 0 Å². The smallest absolute Gasteiger partial charge is 0.258 e. The van der Waals surface area contributed by atoms with Gasteiger partial charge in [-0.25, -0.2) is 4.98 Å². The maximum absolute atomic E-state index is 12.1. The van der Waals surface area contributed by atoms with Crippen LogP contribution in [-0.4, -0.2) is 45.7 Å². The summed E-state index contributed by atoms with van der Waals surface area (Å²) in [5.41, 5.74) is 0.707. The Bertz CT molecular complexity index is 679. The van der Waals surface area contributed by atoms with Gasteiger partial charge in [-0.3, -0.25) is 9.69 Å². The molecule has 5 heteroatoms. The van der Waals surface area contributed by atoms with Crippen molar-refractivity contribution in [2.24, 2.45) is 0 Å². The Labute approximate surface area is 130 Å². The number of fused-ring (bicyclic) bond motifs is 1. The molecule has 0 bridgehead atoms. The number of rotatable bonds is 8. The van der Waals surface area contributed by atoms with Crippen LogP contribution in [0.1, 0.15) is 31.5 Å². The predicted octanol–water partition coefficient (Wildman–Crippen LogP) is 1.70. The van der Waals surface area contributed by atoms with Crippen molar-refractivity contribution in [2.75, 3.05) is 19.7 Å². The molecule has 1 saturated carbocycles. The van der Waals surface area contributed by atoms with E-state index in [1.54, 1.807) is 6.07 Å². The molecule has 3 rings (SSSR count). The summed E-state index contributed by atoms with van der Waals surface area (Å²) >= 11 is 0. The number of aliphatic hydroxyl groups excluding tert-OH is 1. The van der Waals surface area contributed by atoms with E-state index >= 15 is 0 Å². The fourth-order valence-electron chi connectivity index (χ4n) is 2.85. The van der Waals surface area contributed by atoms with Gasteiger partial charge in [0.1, 0.15) is 5.82 Å². The van der Waals surface area contributed by atoms with Gasteiger partial charge in [0.25, 0.3) is 5.56 Å². The summed E-state index contributed by atoms with van der Waals surface area (Å²) < 4.78 is 0. The number of unbranched alkanes of at least 4 members (excludes halogenated alkanes) is 1. The highest BCUT2D eigenvalue weighted by Gasteiger charge is 2.28. The summed E-state index contributed by atoms with van der Waals surface area (Å²) in [6, 6.07) is 8.13. The lowest BCUT2D eigenvalue weighted by Crippen LogP contribution is -2.30. The van der Waals surface area contributed by atoms with Crippen LogP contribution in [0.15, 0.2) is 29.1 Å². The van der Waals surface area contributed by atoms with Crippen LogP contribution < -0.4 is 5.56 Å². The minimum absolute atomic E-state index is 0.0566. The van der Waals surface area contributed by atoms with Gasteiger partial charge in [0.2, 0.25) is 0 Å². The van der Waals surface area contributed by atoms with Crippen LogP contribution in [0.2, 0.25) is 0 Å². The first kappa shape index (κ1) is 15.2. The summed E-state index contributed by atoms with van der Waals surface area (Å²) in [6.45, 7) is 2.19. The minimum atomic E-state index is -0.0566. The summed E-state index contributed by atoms with van der Waals surface area (Å²) in [6.07, 6.45) is 5.17. The van der Waals surface area contributed by atoms with Gasteiger partial charge in [-0.2, -0.15) is 0 Å². The van der Waals surface area contributed by atoms with E-state index in [-0.39, 0.29) is 12.2 Å². The van der Waals surface area contributed by atoms with E-state index in [0.29, 0.717) is 11.4 Å². The fraction of sp³-hybridized carbons (Fsp3) is 0.529. The number of H-pyrrole nitrogens is 1. The van der Waals surface area contributed by atoms with Gasteiger partial charge in [-0.15, -0.1) is 0 Å². The van der Waals surface area contributed by atoms with Crippen molar-refractivity contribution in [1.82, 2.24) is 14.9 Å². The molecule has 2 aromatic rings. The number of aliphatic hydroxyl groups is 1. The van der Waals surface area contributed by atoms with Crippen molar-refractivity contribution in [3.63, 3.8) is 0 Å². The number of para-hydroxylation sites is 1. The van der Waals surface area contributed by atoms with Crippen LogP contribution in [-0.2, 0) is 6.42 Å². The number of hydrogen-bond donors (Lipinski definition) is 2. The van der Waals surface area contributed by atoms with E-state index in [0.717, 1.165) is 43.7 Å². The molecule has 0 radical (unpaired) electrons. The second kappa shape index (κ2) is 7.03. The Kier molecular flexibility index (Phi) is 4.85. The second-order valence-electron chi connectivity index (χ2n) is 5.98. The molecule has 2 N–H and O–H groups in total. The van der Waals surface area contributed by atoms with E-state index in [4.69, 9.17) is 5.11 Å². The van der Waals surface area contributed by atoms with Gasteiger partial charge >= 0.3 is 0 Å². The maximum atomic E-state index is 12.1. The van der Waals surface area contributed by atoms with E-state index in [1.165, 1.54) is 12.8 Å². The normalized spacial score (nSPS) is 14.8. The van der Waals surface area contributed by atoms with Crippen LogP contribution in [0.5, 0.6) is 0 Å². The lowest BCUT2D eigenvalue weighted by molar-refractivity contribution is 0.235. The summed E-state index contributed by atoms with van der Waals surface area (Å²) in [5.74, 6) is 0.761. The SMILES string of the molecule is O=c1[nH]c(CCN(CCCCO)C2CC2)nc2ccccc12. The minimum Gasteiger partial charge on any atom is -0.396 e. The summed E-state index contributed by atoms with van der Waals surface area (Å²) in [5, 5.41) is 9.55. The van der Waals surface area contributed by atoms with E-state index in [1.807, 2.05) is 18.2 Å². The Balaban J connectivity index is 1.65. The van der Waals surface area contributed by atoms with Gasteiger partial charge in [0, 0.05) is 25.6 Å². The highest BCUT2D eigenvalue weighted by atomic mass is 16.2. The number of aromatic amines is 1. The van der Waals surface area contributed by atoms with Crippen LogP contribution in [0, 0.1) is 0 Å². The van der Waals surface area contributed by atoms with Crippen LogP contribution in [0.25, 0.3) is 10.9 Å². The zero-order valence-corrected chi connectivity index (χ0v) is 12.8. The van der Waals surface area contributed by atoms with Crippen molar-refractivity contribution in [2.45, 2.75) is 38.1 Å². The number of nitrogens with one attached hydrogen (secondary N) is 1. The fourth-order valence-corrected chi connectivity index (χ4v) is 2.85. The molecule has 1 fully saturated rings. The summed E-state index contributed by atoms with van der Waals surface area (Å²) in [7, 11) is 0. The number of aromatic nitrogens is 2. The molecule has 1 aliphatic rings.